The molecule has 0 radical (unpaired) electrons. The number of hydrogen-bond donors (Lipinski definition) is 0. The lowest BCUT2D eigenvalue weighted by Crippen LogP contribution is -2.48. The number of rotatable bonds is 1. The normalized spacial score (nSPS) is 15.5. The van der Waals surface area contributed by atoms with Crippen LogP contribution in [0.15, 0.2) is 18.2 Å². The van der Waals surface area contributed by atoms with Crippen LogP contribution in [0.1, 0.15) is 12.6 Å². The van der Waals surface area contributed by atoms with Gasteiger partial charge in [-0.15, -0.1) is 0 Å². The van der Waals surface area contributed by atoms with E-state index in [4.69, 9.17) is 5.26 Å². The third-order valence-corrected chi connectivity index (χ3v) is 2.90. The fraction of sp³-hybridized carbons (Fsp3) is 0.417. The summed E-state index contributed by atoms with van der Waals surface area (Å²) in [4.78, 5) is 19.4. The number of carbonyl (C=O) groups excluding carboxylic acids is 1. The topological polar surface area (TPSA) is 60.2 Å². The molecule has 1 amide bonds. The molecule has 5 nitrogen and oxygen atoms in total. The summed E-state index contributed by atoms with van der Waals surface area (Å²) in [6.45, 7) is 4.55. The van der Waals surface area contributed by atoms with Crippen LogP contribution in [0.3, 0.4) is 0 Å². The zero-order valence-electron chi connectivity index (χ0n) is 9.76. The fourth-order valence-corrected chi connectivity index (χ4v) is 1.91. The van der Waals surface area contributed by atoms with Crippen molar-refractivity contribution in [2.45, 2.75) is 6.92 Å². The van der Waals surface area contributed by atoms with Crippen LogP contribution in [0, 0.1) is 11.3 Å². The van der Waals surface area contributed by atoms with Crippen LogP contribution < -0.4 is 4.90 Å². The van der Waals surface area contributed by atoms with Crippen molar-refractivity contribution in [2.75, 3.05) is 31.1 Å². The average Bonchev–Trinajstić information content (AvgIpc) is 2.39. The smallest absolute Gasteiger partial charge is 0.219 e. The van der Waals surface area contributed by atoms with Crippen LogP contribution >= 0.6 is 0 Å². The van der Waals surface area contributed by atoms with E-state index in [0.29, 0.717) is 18.8 Å². The second-order valence-corrected chi connectivity index (χ2v) is 3.99. The Bertz CT molecular complexity index is 458. The van der Waals surface area contributed by atoms with Crippen molar-refractivity contribution in [3.63, 3.8) is 0 Å². The summed E-state index contributed by atoms with van der Waals surface area (Å²) < 4.78 is 0. The fourth-order valence-electron chi connectivity index (χ4n) is 1.91. The van der Waals surface area contributed by atoms with Gasteiger partial charge < -0.3 is 9.80 Å². The van der Waals surface area contributed by atoms with Gasteiger partial charge in [0.1, 0.15) is 17.6 Å². The lowest BCUT2D eigenvalue weighted by Gasteiger charge is -2.34. The third-order valence-electron chi connectivity index (χ3n) is 2.90. The van der Waals surface area contributed by atoms with Gasteiger partial charge in [-0.25, -0.2) is 4.98 Å². The van der Waals surface area contributed by atoms with Crippen molar-refractivity contribution in [2.24, 2.45) is 0 Å². The summed E-state index contributed by atoms with van der Waals surface area (Å²) >= 11 is 0. The first kappa shape index (κ1) is 11.4. The number of piperazine rings is 1. The Morgan fingerprint density at radius 1 is 1.35 bits per heavy atom. The molecule has 1 fully saturated rings. The predicted molar refractivity (Wildman–Crippen MR) is 63.4 cm³/mol. The molecule has 1 aliphatic heterocycles. The third kappa shape index (κ3) is 2.53. The van der Waals surface area contributed by atoms with Crippen LogP contribution in [0.5, 0.6) is 0 Å². The van der Waals surface area contributed by atoms with E-state index >= 15 is 0 Å². The highest BCUT2D eigenvalue weighted by Crippen LogP contribution is 2.13. The number of amides is 1. The molecule has 0 unspecified atom stereocenters. The van der Waals surface area contributed by atoms with Crippen LogP contribution in [-0.4, -0.2) is 42.0 Å². The number of hydrogen-bond acceptors (Lipinski definition) is 4. The van der Waals surface area contributed by atoms with E-state index < -0.39 is 0 Å². The Morgan fingerprint density at radius 3 is 2.65 bits per heavy atom. The Labute approximate surface area is 100 Å². The number of pyridine rings is 1. The zero-order chi connectivity index (χ0) is 12.3. The molecule has 1 saturated heterocycles. The van der Waals surface area contributed by atoms with E-state index in [1.807, 2.05) is 23.1 Å². The van der Waals surface area contributed by atoms with Gasteiger partial charge in [-0.1, -0.05) is 6.07 Å². The molecule has 0 bridgehead atoms. The SMILES string of the molecule is CC(=O)N1CCN(c2cccc(C#N)n2)CC1. The number of nitriles is 1. The molecule has 0 atom stereocenters. The Morgan fingerprint density at radius 2 is 2.06 bits per heavy atom. The molecule has 88 valence electrons. The minimum Gasteiger partial charge on any atom is -0.353 e. The highest BCUT2D eigenvalue weighted by molar-refractivity contribution is 5.73. The monoisotopic (exact) mass is 230 g/mol. The Balaban J connectivity index is 2.05. The van der Waals surface area contributed by atoms with Gasteiger partial charge in [-0.3, -0.25) is 4.79 Å². The van der Waals surface area contributed by atoms with Crippen LogP contribution in [0.2, 0.25) is 0 Å². The summed E-state index contributed by atoms with van der Waals surface area (Å²) in [7, 11) is 0. The molecule has 0 saturated carbocycles. The lowest BCUT2D eigenvalue weighted by molar-refractivity contribution is -0.129. The molecular formula is C12H14N4O. The number of nitrogens with zero attached hydrogens (tertiary/aromatic N) is 4. The van der Waals surface area contributed by atoms with Crippen molar-refractivity contribution in [1.29, 1.82) is 5.26 Å². The highest BCUT2D eigenvalue weighted by atomic mass is 16.2. The lowest BCUT2D eigenvalue weighted by atomic mass is 10.3. The minimum atomic E-state index is 0.114. The molecule has 0 N–H and O–H groups in total. The Hall–Kier alpha value is -2.09. The zero-order valence-corrected chi connectivity index (χ0v) is 9.76. The second-order valence-electron chi connectivity index (χ2n) is 3.99. The van der Waals surface area contributed by atoms with Gasteiger partial charge in [0.2, 0.25) is 5.91 Å². The maximum absolute atomic E-state index is 11.2. The number of anilines is 1. The summed E-state index contributed by atoms with van der Waals surface area (Å²) in [6, 6.07) is 7.45. The standard InChI is InChI=1S/C12H14N4O/c1-10(17)15-5-7-16(8-6-15)12-4-2-3-11(9-13)14-12/h2-4H,5-8H2,1H3. The van der Waals surface area contributed by atoms with E-state index in [1.165, 1.54) is 0 Å². The largest absolute Gasteiger partial charge is 0.353 e. The van der Waals surface area contributed by atoms with E-state index in [1.54, 1.807) is 13.0 Å². The molecule has 0 spiro atoms. The summed E-state index contributed by atoms with van der Waals surface area (Å²) in [5.74, 6) is 0.927. The van der Waals surface area contributed by atoms with Gasteiger partial charge in [0.05, 0.1) is 0 Å². The van der Waals surface area contributed by atoms with Gasteiger partial charge in [-0.05, 0) is 12.1 Å². The highest BCUT2D eigenvalue weighted by Gasteiger charge is 2.19. The van der Waals surface area contributed by atoms with Crippen molar-refractivity contribution in [3.8, 4) is 6.07 Å². The van der Waals surface area contributed by atoms with Crippen molar-refractivity contribution >= 4 is 11.7 Å². The van der Waals surface area contributed by atoms with Crippen LogP contribution in [-0.2, 0) is 4.79 Å². The van der Waals surface area contributed by atoms with E-state index in [9.17, 15) is 4.79 Å². The van der Waals surface area contributed by atoms with E-state index in [0.717, 1.165) is 18.9 Å². The summed E-state index contributed by atoms with van der Waals surface area (Å²) in [5, 5.41) is 8.79. The number of aromatic nitrogens is 1. The van der Waals surface area contributed by atoms with E-state index in [-0.39, 0.29) is 5.91 Å². The molecule has 0 aromatic carbocycles. The van der Waals surface area contributed by atoms with Gasteiger partial charge >= 0.3 is 0 Å². The van der Waals surface area contributed by atoms with Gasteiger partial charge in [0.25, 0.3) is 0 Å². The van der Waals surface area contributed by atoms with Gasteiger partial charge in [0.15, 0.2) is 0 Å². The molecule has 2 heterocycles. The summed E-state index contributed by atoms with van der Waals surface area (Å²) in [6.07, 6.45) is 0. The maximum atomic E-state index is 11.2. The minimum absolute atomic E-state index is 0.114. The second kappa shape index (κ2) is 4.83. The predicted octanol–water partition coefficient (Wildman–Crippen LogP) is 0.622. The van der Waals surface area contributed by atoms with Gasteiger partial charge in [0, 0.05) is 33.1 Å². The van der Waals surface area contributed by atoms with Gasteiger partial charge in [-0.2, -0.15) is 5.26 Å². The summed E-state index contributed by atoms with van der Waals surface area (Å²) in [5.41, 5.74) is 0.427. The molecule has 0 aliphatic carbocycles. The van der Waals surface area contributed by atoms with E-state index in [2.05, 4.69) is 9.88 Å². The molecule has 1 aromatic rings. The van der Waals surface area contributed by atoms with Crippen molar-refractivity contribution in [3.05, 3.63) is 23.9 Å². The van der Waals surface area contributed by atoms with Crippen LogP contribution in [0.4, 0.5) is 5.82 Å². The van der Waals surface area contributed by atoms with Crippen LogP contribution in [0.25, 0.3) is 0 Å². The van der Waals surface area contributed by atoms with Crippen molar-refractivity contribution in [1.82, 2.24) is 9.88 Å². The first-order valence-corrected chi connectivity index (χ1v) is 5.58. The molecule has 2 rings (SSSR count). The molecule has 1 aromatic heterocycles. The molecular weight excluding hydrogens is 216 g/mol. The molecule has 5 heteroatoms. The quantitative estimate of drug-likeness (QED) is 0.709. The first-order valence-electron chi connectivity index (χ1n) is 5.58. The van der Waals surface area contributed by atoms with Crippen molar-refractivity contribution < 1.29 is 4.79 Å². The number of carbonyl (C=O) groups is 1. The Kier molecular flexibility index (Phi) is 3.24. The molecule has 1 aliphatic rings. The maximum Gasteiger partial charge on any atom is 0.219 e. The molecule has 17 heavy (non-hydrogen) atoms. The average molecular weight is 230 g/mol. The first-order chi connectivity index (χ1) is 8.20.